The number of hydrogen-bond acceptors (Lipinski definition) is 2. The minimum Gasteiger partial charge on any atom is -0.464 e. The van der Waals surface area contributed by atoms with Crippen molar-refractivity contribution in [2.45, 2.75) is 40.2 Å². The number of rotatable bonds is 4. The SMILES string of the molecule is CCNCc1coc2c(C(C)C)ccc(C)c12. The molecule has 2 aromatic rings. The molecular formula is C15H21NO. The van der Waals surface area contributed by atoms with Crippen molar-refractivity contribution >= 4 is 11.0 Å². The average Bonchev–Trinajstić information content (AvgIpc) is 2.71. The topological polar surface area (TPSA) is 25.2 Å². The van der Waals surface area contributed by atoms with Gasteiger partial charge < -0.3 is 9.73 Å². The third kappa shape index (κ3) is 2.22. The van der Waals surface area contributed by atoms with E-state index in [0.29, 0.717) is 5.92 Å². The van der Waals surface area contributed by atoms with E-state index in [9.17, 15) is 0 Å². The summed E-state index contributed by atoms with van der Waals surface area (Å²) in [5.74, 6) is 0.497. The highest BCUT2D eigenvalue weighted by molar-refractivity contribution is 5.87. The maximum absolute atomic E-state index is 5.78. The summed E-state index contributed by atoms with van der Waals surface area (Å²) < 4.78 is 5.78. The van der Waals surface area contributed by atoms with E-state index in [4.69, 9.17) is 4.42 Å². The van der Waals surface area contributed by atoms with Gasteiger partial charge in [-0.05, 0) is 30.5 Å². The molecule has 0 fully saturated rings. The molecule has 0 aliphatic carbocycles. The van der Waals surface area contributed by atoms with Gasteiger partial charge in [-0.25, -0.2) is 0 Å². The summed E-state index contributed by atoms with van der Waals surface area (Å²) in [6.07, 6.45) is 1.90. The molecule has 2 nitrogen and oxygen atoms in total. The van der Waals surface area contributed by atoms with E-state index in [-0.39, 0.29) is 0 Å². The molecule has 0 bridgehead atoms. The van der Waals surface area contributed by atoms with Crippen LogP contribution in [-0.2, 0) is 6.54 Å². The summed E-state index contributed by atoms with van der Waals surface area (Å²) in [5.41, 5.74) is 4.93. The maximum Gasteiger partial charge on any atom is 0.137 e. The number of nitrogens with one attached hydrogen (secondary N) is 1. The summed E-state index contributed by atoms with van der Waals surface area (Å²) in [6, 6.07) is 4.38. The van der Waals surface area contributed by atoms with Crippen LogP contribution in [0.25, 0.3) is 11.0 Å². The number of aryl methyl sites for hydroxylation is 1. The third-order valence-electron chi connectivity index (χ3n) is 3.22. The van der Waals surface area contributed by atoms with Gasteiger partial charge in [0.2, 0.25) is 0 Å². The van der Waals surface area contributed by atoms with Gasteiger partial charge in [-0.2, -0.15) is 0 Å². The summed E-state index contributed by atoms with van der Waals surface area (Å²) in [7, 11) is 0. The van der Waals surface area contributed by atoms with Crippen molar-refractivity contribution in [2.75, 3.05) is 6.54 Å². The molecule has 1 aromatic heterocycles. The predicted octanol–water partition coefficient (Wildman–Crippen LogP) is 3.97. The zero-order valence-electron chi connectivity index (χ0n) is 11.1. The van der Waals surface area contributed by atoms with Crippen molar-refractivity contribution in [1.29, 1.82) is 0 Å². The first kappa shape index (κ1) is 12.2. The Labute approximate surface area is 103 Å². The number of hydrogen-bond donors (Lipinski definition) is 1. The highest BCUT2D eigenvalue weighted by atomic mass is 16.3. The van der Waals surface area contributed by atoms with E-state index in [1.54, 1.807) is 0 Å². The Bertz CT molecular complexity index is 511. The minimum absolute atomic E-state index is 0.497. The summed E-state index contributed by atoms with van der Waals surface area (Å²) >= 11 is 0. The second-order valence-electron chi connectivity index (χ2n) is 4.87. The van der Waals surface area contributed by atoms with Crippen LogP contribution in [0.1, 0.15) is 43.4 Å². The normalized spacial score (nSPS) is 11.6. The quantitative estimate of drug-likeness (QED) is 0.861. The molecule has 0 saturated heterocycles. The lowest BCUT2D eigenvalue weighted by molar-refractivity contribution is 0.597. The monoisotopic (exact) mass is 231 g/mol. The van der Waals surface area contributed by atoms with Gasteiger partial charge >= 0.3 is 0 Å². The summed E-state index contributed by atoms with van der Waals surface area (Å²) in [5, 5.41) is 4.65. The Morgan fingerprint density at radius 1 is 1.29 bits per heavy atom. The van der Waals surface area contributed by atoms with Crippen molar-refractivity contribution in [3.63, 3.8) is 0 Å². The van der Waals surface area contributed by atoms with Gasteiger partial charge in [-0.3, -0.25) is 0 Å². The molecule has 0 atom stereocenters. The van der Waals surface area contributed by atoms with Crippen LogP contribution >= 0.6 is 0 Å². The van der Waals surface area contributed by atoms with E-state index in [1.807, 2.05) is 6.26 Å². The largest absolute Gasteiger partial charge is 0.464 e. The van der Waals surface area contributed by atoms with Crippen LogP contribution in [0.15, 0.2) is 22.8 Å². The fraction of sp³-hybridized carbons (Fsp3) is 0.467. The van der Waals surface area contributed by atoms with E-state index in [1.165, 1.54) is 22.1 Å². The van der Waals surface area contributed by atoms with Crippen molar-refractivity contribution in [3.8, 4) is 0 Å². The van der Waals surface area contributed by atoms with E-state index in [0.717, 1.165) is 18.7 Å². The number of fused-ring (bicyclic) bond motifs is 1. The lowest BCUT2D eigenvalue weighted by Crippen LogP contribution is -2.11. The Morgan fingerprint density at radius 2 is 2.06 bits per heavy atom. The molecule has 0 aliphatic heterocycles. The third-order valence-corrected chi connectivity index (χ3v) is 3.22. The first-order valence-electron chi connectivity index (χ1n) is 6.35. The van der Waals surface area contributed by atoms with Gasteiger partial charge in [0.25, 0.3) is 0 Å². The van der Waals surface area contributed by atoms with Crippen LogP contribution in [0.3, 0.4) is 0 Å². The summed E-state index contributed by atoms with van der Waals surface area (Å²) in [6.45, 7) is 10.5. The molecule has 17 heavy (non-hydrogen) atoms. The van der Waals surface area contributed by atoms with Crippen LogP contribution < -0.4 is 5.32 Å². The fourth-order valence-electron chi connectivity index (χ4n) is 2.26. The molecular weight excluding hydrogens is 210 g/mol. The first-order valence-corrected chi connectivity index (χ1v) is 6.35. The minimum atomic E-state index is 0.497. The van der Waals surface area contributed by atoms with Gasteiger partial charge in [0.05, 0.1) is 6.26 Å². The van der Waals surface area contributed by atoms with E-state index in [2.05, 4.69) is 45.1 Å². The van der Waals surface area contributed by atoms with Crippen LogP contribution in [0.4, 0.5) is 0 Å². The summed E-state index contributed by atoms with van der Waals surface area (Å²) in [4.78, 5) is 0. The van der Waals surface area contributed by atoms with Gasteiger partial charge in [0.15, 0.2) is 0 Å². The molecule has 0 spiro atoms. The van der Waals surface area contributed by atoms with Crippen molar-refractivity contribution < 1.29 is 4.42 Å². The maximum atomic E-state index is 5.78. The molecule has 1 heterocycles. The smallest absolute Gasteiger partial charge is 0.137 e. The standard InChI is InChI=1S/C15H21NO/c1-5-16-8-12-9-17-15-13(10(2)3)7-6-11(4)14(12)15/h6-7,9-10,16H,5,8H2,1-4H3. The molecule has 0 amide bonds. The average molecular weight is 231 g/mol. The Morgan fingerprint density at radius 3 is 2.71 bits per heavy atom. The zero-order valence-corrected chi connectivity index (χ0v) is 11.1. The second-order valence-corrected chi connectivity index (χ2v) is 4.87. The highest BCUT2D eigenvalue weighted by Gasteiger charge is 2.13. The van der Waals surface area contributed by atoms with Crippen LogP contribution in [-0.4, -0.2) is 6.54 Å². The molecule has 0 saturated carbocycles. The molecule has 2 heteroatoms. The lowest BCUT2D eigenvalue weighted by Gasteiger charge is -2.08. The molecule has 0 aliphatic rings. The molecule has 92 valence electrons. The predicted molar refractivity (Wildman–Crippen MR) is 72.4 cm³/mol. The van der Waals surface area contributed by atoms with Crippen LogP contribution in [0.5, 0.6) is 0 Å². The highest BCUT2D eigenvalue weighted by Crippen LogP contribution is 2.31. The Balaban J connectivity index is 2.55. The fourth-order valence-corrected chi connectivity index (χ4v) is 2.26. The van der Waals surface area contributed by atoms with Gasteiger partial charge in [0.1, 0.15) is 5.58 Å². The van der Waals surface area contributed by atoms with Gasteiger partial charge in [-0.1, -0.05) is 32.9 Å². The first-order chi connectivity index (χ1) is 8.15. The Hall–Kier alpha value is -1.28. The Kier molecular flexibility index (Phi) is 3.53. The molecule has 0 radical (unpaired) electrons. The van der Waals surface area contributed by atoms with Crippen molar-refractivity contribution in [2.24, 2.45) is 0 Å². The van der Waals surface area contributed by atoms with Crippen LogP contribution in [0, 0.1) is 6.92 Å². The molecule has 0 unspecified atom stereocenters. The van der Waals surface area contributed by atoms with Crippen molar-refractivity contribution in [1.82, 2.24) is 5.32 Å². The van der Waals surface area contributed by atoms with E-state index < -0.39 is 0 Å². The van der Waals surface area contributed by atoms with Gasteiger partial charge in [0, 0.05) is 17.5 Å². The zero-order chi connectivity index (χ0) is 12.4. The molecule has 1 N–H and O–H groups in total. The molecule has 2 rings (SSSR count). The molecule has 1 aromatic carbocycles. The number of furan rings is 1. The van der Waals surface area contributed by atoms with Crippen molar-refractivity contribution in [3.05, 3.63) is 35.1 Å². The van der Waals surface area contributed by atoms with E-state index >= 15 is 0 Å². The van der Waals surface area contributed by atoms with Gasteiger partial charge in [-0.15, -0.1) is 0 Å². The van der Waals surface area contributed by atoms with Crippen LogP contribution in [0.2, 0.25) is 0 Å². The second kappa shape index (κ2) is 4.92. The lowest BCUT2D eigenvalue weighted by atomic mass is 9.97. The number of benzene rings is 1.